The molecule has 1 heterocycles. The lowest BCUT2D eigenvalue weighted by Crippen LogP contribution is -2.39. The van der Waals surface area contributed by atoms with Crippen molar-refractivity contribution in [3.8, 4) is 0 Å². The van der Waals surface area contributed by atoms with Crippen LogP contribution in [0.3, 0.4) is 0 Å². The van der Waals surface area contributed by atoms with E-state index in [4.69, 9.17) is 0 Å². The Bertz CT molecular complexity index is 392. The summed E-state index contributed by atoms with van der Waals surface area (Å²) in [5.74, 6) is 1.58. The molecule has 1 rings (SSSR count). The first-order valence-corrected chi connectivity index (χ1v) is 7.48. The number of hydrogen-bond acceptors (Lipinski definition) is 4. The van der Waals surface area contributed by atoms with Crippen molar-refractivity contribution in [2.75, 3.05) is 18.5 Å². The molecule has 4 nitrogen and oxygen atoms in total. The number of anilines is 1. The molecule has 0 aliphatic carbocycles. The van der Waals surface area contributed by atoms with Gasteiger partial charge in [-0.15, -0.1) is 5.10 Å². The van der Waals surface area contributed by atoms with Crippen LogP contribution in [-0.2, 0) is 6.54 Å². The van der Waals surface area contributed by atoms with Gasteiger partial charge < -0.3 is 10.2 Å². The molecule has 0 saturated heterocycles. The van der Waals surface area contributed by atoms with E-state index >= 15 is 0 Å². The van der Waals surface area contributed by atoms with Crippen LogP contribution in [0, 0.1) is 11.3 Å². The van der Waals surface area contributed by atoms with E-state index in [0.717, 1.165) is 24.6 Å². The average molecular weight is 278 g/mol. The number of rotatable bonds is 6. The highest BCUT2D eigenvalue weighted by atomic mass is 15.3. The zero-order valence-electron chi connectivity index (χ0n) is 14.1. The minimum absolute atomic E-state index is 0.216. The predicted octanol–water partition coefficient (Wildman–Crippen LogP) is 3.09. The lowest BCUT2D eigenvalue weighted by atomic mass is 9.87. The van der Waals surface area contributed by atoms with Crippen molar-refractivity contribution in [2.45, 2.75) is 54.1 Å². The second-order valence-electron chi connectivity index (χ2n) is 7.06. The van der Waals surface area contributed by atoms with Crippen molar-refractivity contribution < 1.29 is 0 Å². The van der Waals surface area contributed by atoms with Crippen molar-refractivity contribution in [3.63, 3.8) is 0 Å². The lowest BCUT2D eigenvalue weighted by Gasteiger charge is -2.35. The van der Waals surface area contributed by atoms with Crippen LogP contribution in [-0.4, -0.2) is 29.8 Å². The van der Waals surface area contributed by atoms with Gasteiger partial charge in [0.25, 0.3) is 0 Å². The summed E-state index contributed by atoms with van der Waals surface area (Å²) < 4.78 is 0. The number of aromatic nitrogens is 2. The Labute approximate surface area is 124 Å². The van der Waals surface area contributed by atoms with Crippen LogP contribution in [0.5, 0.6) is 0 Å². The maximum Gasteiger partial charge on any atom is 0.151 e. The first-order chi connectivity index (χ1) is 9.21. The van der Waals surface area contributed by atoms with E-state index in [1.54, 1.807) is 0 Å². The summed E-state index contributed by atoms with van der Waals surface area (Å²) in [6, 6.07) is 4.52. The Balaban J connectivity index is 2.62. The molecular weight excluding hydrogens is 248 g/mol. The fourth-order valence-electron chi connectivity index (χ4n) is 1.90. The topological polar surface area (TPSA) is 41.0 Å². The van der Waals surface area contributed by atoms with Gasteiger partial charge in [-0.2, -0.15) is 5.10 Å². The molecule has 0 amide bonds. The highest BCUT2D eigenvalue weighted by molar-refractivity contribution is 5.37. The van der Waals surface area contributed by atoms with Gasteiger partial charge in [-0.25, -0.2) is 0 Å². The molecule has 1 atom stereocenters. The smallest absolute Gasteiger partial charge is 0.151 e. The molecule has 20 heavy (non-hydrogen) atoms. The van der Waals surface area contributed by atoms with Gasteiger partial charge in [-0.3, -0.25) is 0 Å². The Morgan fingerprint density at radius 3 is 2.25 bits per heavy atom. The van der Waals surface area contributed by atoms with E-state index in [9.17, 15) is 0 Å². The first kappa shape index (κ1) is 16.9. The van der Waals surface area contributed by atoms with Gasteiger partial charge in [0, 0.05) is 19.6 Å². The monoisotopic (exact) mass is 278 g/mol. The molecule has 1 aromatic heterocycles. The van der Waals surface area contributed by atoms with Crippen molar-refractivity contribution in [1.82, 2.24) is 15.5 Å². The van der Waals surface area contributed by atoms with Gasteiger partial charge in [0.1, 0.15) is 0 Å². The third kappa shape index (κ3) is 5.08. The van der Waals surface area contributed by atoms with Crippen LogP contribution in [0.2, 0.25) is 0 Å². The lowest BCUT2D eigenvalue weighted by molar-refractivity contribution is 0.328. The average Bonchev–Trinajstić information content (AvgIpc) is 2.36. The summed E-state index contributed by atoms with van der Waals surface area (Å²) in [6.45, 7) is 15.1. The number of hydrogen-bond donors (Lipinski definition) is 1. The van der Waals surface area contributed by atoms with Crippen LogP contribution in [0.4, 0.5) is 5.82 Å². The van der Waals surface area contributed by atoms with Crippen molar-refractivity contribution >= 4 is 5.82 Å². The summed E-state index contributed by atoms with van der Waals surface area (Å²) in [5, 5.41) is 12.0. The molecule has 1 N–H and O–H groups in total. The molecule has 0 saturated carbocycles. The predicted molar refractivity (Wildman–Crippen MR) is 85.9 cm³/mol. The molecule has 0 aliphatic heterocycles. The van der Waals surface area contributed by atoms with E-state index in [2.05, 4.69) is 81.1 Å². The highest BCUT2D eigenvalue weighted by Gasteiger charge is 2.24. The van der Waals surface area contributed by atoms with Gasteiger partial charge in [0.15, 0.2) is 5.82 Å². The Morgan fingerprint density at radius 1 is 1.15 bits per heavy atom. The second-order valence-corrected chi connectivity index (χ2v) is 7.06. The summed E-state index contributed by atoms with van der Waals surface area (Å²) >= 11 is 0. The second kappa shape index (κ2) is 7.02. The molecule has 1 aromatic rings. The highest BCUT2D eigenvalue weighted by Crippen LogP contribution is 2.25. The Morgan fingerprint density at radius 2 is 1.80 bits per heavy atom. The van der Waals surface area contributed by atoms with Gasteiger partial charge in [-0.1, -0.05) is 34.6 Å². The van der Waals surface area contributed by atoms with E-state index < -0.39 is 0 Å². The largest absolute Gasteiger partial charge is 0.355 e. The molecule has 0 aliphatic rings. The number of nitrogens with zero attached hydrogens (tertiary/aromatic N) is 3. The van der Waals surface area contributed by atoms with E-state index in [-0.39, 0.29) is 5.41 Å². The molecule has 0 bridgehead atoms. The summed E-state index contributed by atoms with van der Waals surface area (Å²) in [5.41, 5.74) is 1.21. The molecule has 0 fully saturated rings. The van der Waals surface area contributed by atoms with Gasteiger partial charge in [-0.05, 0) is 36.9 Å². The Hall–Kier alpha value is -1.16. The number of nitrogens with one attached hydrogen (secondary N) is 1. The Kier molecular flexibility index (Phi) is 5.93. The molecule has 0 aromatic carbocycles. The van der Waals surface area contributed by atoms with Crippen molar-refractivity contribution in [1.29, 1.82) is 0 Å². The van der Waals surface area contributed by atoms with E-state index in [0.29, 0.717) is 12.0 Å². The molecule has 114 valence electrons. The van der Waals surface area contributed by atoms with Crippen molar-refractivity contribution in [3.05, 3.63) is 17.8 Å². The summed E-state index contributed by atoms with van der Waals surface area (Å²) in [6.07, 6.45) is 0. The third-order valence-corrected chi connectivity index (χ3v) is 3.76. The van der Waals surface area contributed by atoms with E-state index in [1.165, 1.54) is 0 Å². The maximum atomic E-state index is 4.35. The minimum Gasteiger partial charge on any atom is -0.355 e. The maximum absolute atomic E-state index is 4.35. The molecule has 0 radical (unpaired) electrons. The zero-order valence-corrected chi connectivity index (χ0v) is 14.1. The fourth-order valence-corrected chi connectivity index (χ4v) is 1.90. The fraction of sp³-hybridized carbons (Fsp3) is 0.750. The molecule has 0 spiro atoms. The van der Waals surface area contributed by atoms with Gasteiger partial charge in [0.2, 0.25) is 0 Å². The first-order valence-electron chi connectivity index (χ1n) is 7.48. The summed E-state index contributed by atoms with van der Waals surface area (Å²) in [4.78, 5) is 2.19. The molecule has 4 heteroatoms. The molecular formula is C16H30N4. The normalized spacial score (nSPS) is 13.6. The SMILES string of the molecule is CC(C)CNCc1ccc(N(C)C(C)C(C)(C)C)nn1. The van der Waals surface area contributed by atoms with E-state index in [1.807, 2.05) is 0 Å². The van der Waals surface area contributed by atoms with Gasteiger partial charge in [0.05, 0.1) is 5.69 Å². The van der Waals surface area contributed by atoms with Crippen LogP contribution in [0.25, 0.3) is 0 Å². The van der Waals surface area contributed by atoms with Gasteiger partial charge >= 0.3 is 0 Å². The standard InChI is InChI=1S/C16H30N4/c1-12(2)10-17-11-14-8-9-15(19-18-14)20(7)13(3)16(4,5)6/h8-9,12-13,17H,10-11H2,1-7H3. The molecule has 1 unspecified atom stereocenters. The van der Waals surface area contributed by atoms with Crippen molar-refractivity contribution in [2.24, 2.45) is 11.3 Å². The van der Waals surface area contributed by atoms with Crippen LogP contribution in [0.15, 0.2) is 12.1 Å². The van der Waals surface area contributed by atoms with Crippen LogP contribution >= 0.6 is 0 Å². The minimum atomic E-state index is 0.216. The summed E-state index contributed by atoms with van der Waals surface area (Å²) in [7, 11) is 2.08. The quantitative estimate of drug-likeness (QED) is 0.868. The zero-order chi connectivity index (χ0) is 15.3. The third-order valence-electron chi connectivity index (χ3n) is 3.76. The van der Waals surface area contributed by atoms with Crippen LogP contribution in [0.1, 0.15) is 47.2 Å². The van der Waals surface area contributed by atoms with Crippen LogP contribution < -0.4 is 10.2 Å².